The van der Waals surface area contributed by atoms with Crippen molar-refractivity contribution in [2.45, 2.75) is 258 Å². The maximum absolute atomic E-state index is 12.1. The quantitative estimate of drug-likeness (QED) is 0.0314. The first-order valence-electron chi connectivity index (χ1n) is 24.0. The fourth-order valence-corrected chi connectivity index (χ4v) is 7.91. The van der Waals surface area contributed by atoms with Gasteiger partial charge in [0.15, 0.2) is 0 Å². The fraction of sp³-hybridized carbons (Fsp3) is 0.957. The van der Waals surface area contributed by atoms with Crippen LogP contribution in [0, 0.1) is 0 Å². The lowest BCUT2D eigenvalue weighted by molar-refractivity contribution is -0.147. The minimum Gasteiger partial charge on any atom is -0.463 e. The van der Waals surface area contributed by atoms with Crippen LogP contribution in [0.25, 0.3) is 0 Å². The molecule has 0 aliphatic heterocycles. The summed E-state index contributed by atoms with van der Waals surface area (Å²) < 4.78 is 26.9. The van der Waals surface area contributed by atoms with Crippen molar-refractivity contribution in [3.05, 3.63) is 0 Å². The lowest BCUT2D eigenvalue weighted by Crippen LogP contribution is -2.27. The summed E-state index contributed by atoms with van der Waals surface area (Å²) in [6.45, 7) is 3.61. The monoisotopic (exact) mass is 818 g/mol. The van der Waals surface area contributed by atoms with Crippen molar-refractivity contribution in [2.75, 3.05) is 26.4 Å². The van der Waals surface area contributed by atoms with Gasteiger partial charge in [-0.25, -0.2) is 4.57 Å². The zero-order valence-corrected chi connectivity index (χ0v) is 37.8. The van der Waals surface area contributed by atoms with E-state index in [0.717, 1.165) is 38.5 Å². The van der Waals surface area contributed by atoms with Crippen LogP contribution in [0.4, 0.5) is 0 Å². The van der Waals surface area contributed by atoms with Gasteiger partial charge in [-0.2, -0.15) is 0 Å². The molecule has 2 atom stereocenters. The first kappa shape index (κ1) is 55.0. The second kappa shape index (κ2) is 43.6. The Morgan fingerprint density at radius 3 is 1.16 bits per heavy atom. The molecule has 10 heteroatoms. The third-order valence-electron chi connectivity index (χ3n) is 10.8. The molecule has 0 heterocycles. The summed E-state index contributed by atoms with van der Waals surface area (Å²) in [5.41, 5.74) is 0. The van der Waals surface area contributed by atoms with Crippen molar-refractivity contribution in [3.8, 4) is 0 Å². The zero-order valence-electron chi connectivity index (χ0n) is 36.9. The van der Waals surface area contributed by atoms with Gasteiger partial charge in [0, 0.05) is 19.4 Å². The number of hydrogen-bond donors (Lipinski definition) is 3. The molecule has 2 unspecified atom stereocenters. The van der Waals surface area contributed by atoms with Gasteiger partial charge in [-0.05, 0) is 12.8 Å². The molecule has 3 N–H and O–H groups in total. The molecule has 334 valence electrons. The Labute approximate surface area is 346 Å². The molecule has 0 aliphatic carbocycles. The van der Waals surface area contributed by atoms with E-state index in [2.05, 4.69) is 19.2 Å². The summed E-state index contributed by atoms with van der Waals surface area (Å²) in [6.07, 6.45) is 44.6. The lowest BCUT2D eigenvalue weighted by atomic mass is 10.0. The smallest absolute Gasteiger partial charge is 0.463 e. The number of unbranched alkanes of at least 4 members (excludes halogenated alkanes) is 33. The van der Waals surface area contributed by atoms with E-state index in [4.69, 9.17) is 13.8 Å². The van der Waals surface area contributed by atoms with Gasteiger partial charge in [-0.1, -0.05) is 226 Å². The van der Waals surface area contributed by atoms with Crippen LogP contribution in [0.5, 0.6) is 0 Å². The van der Waals surface area contributed by atoms with Crippen LogP contribution in [0.15, 0.2) is 0 Å². The molecule has 56 heavy (non-hydrogen) atoms. The highest BCUT2D eigenvalue weighted by molar-refractivity contribution is 7.47. The third kappa shape index (κ3) is 44.1. The predicted octanol–water partition coefficient (Wildman–Crippen LogP) is 13.6. The van der Waals surface area contributed by atoms with Crippen molar-refractivity contribution in [3.63, 3.8) is 0 Å². The number of esters is 1. The second-order valence-corrected chi connectivity index (χ2v) is 17.9. The fourth-order valence-electron chi connectivity index (χ4n) is 7.15. The van der Waals surface area contributed by atoms with Crippen LogP contribution in [0.3, 0.4) is 0 Å². The summed E-state index contributed by atoms with van der Waals surface area (Å²) in [6, 6.07) is 0. The molecule has 0 aromatic rings. The molecular formula is C46H92NO8P. The van der Waals surface area contributed by atoms with Crippen LogP contribution < -0.4 is 5.32 Å². The average molecular weight is 818 g/mol. The summed E-state index contributed by atoms with van der Waals surface area (Å²) in [5.74, 6) is -0.500. The van der Waals surface area contributed by atoms with Gasteiger partial charge < -0.3 is 20.1 Å². The van der Waals surface area contributed by atoms with Gasteiger partial charge >= 0.3 is 13.8 Å². The van der Waals surface area contributed by atoms with Gasteiger partial charge in [0.25, 0.3) is 0 Å². The highest BCUT2D eigenvalue weighted by Crippen LogP contribution is 2.42. The van der Waals surface area contributed by atoms with Gasteiger partial charge in [0.2, 0.25) is 5.91 Å². The number of rotatable bonds is 46. The van der Waals surface area contributed by atoms with E-state index in [1.54, 1.807) is 0 Å². The number of aliphatic hydroxyl groups excluding tert-OH is 1. The maximum atomic E-state index is 12.1. The molecule has 0 aromatic heterocycles. The molecule has 0 saturated carbocycles. The van der Waals surface area contributed by atoms with Crippen molar-refractivity contribution in [1.82, 2.24) is 5.32 Å². The molecule has 0 bridgehead atoms. The number of aliphatic hydroxyl groups is 1. The van der Waals surface area contributed by atoms with Crippen molar-refractivity contribution in [2.24, 2.45) is 0 Å². The highest BCUT2D eigenvalue weighted by Gasteiger charge is 2.23. The maximum Gasteiger partial charge on any atom is 0.472 e. The van der Waals surface area contributed by atoms with Crippen molar-refractivity contribution < 1.29 is 37.9 Å². The van der Waals surface area contributed by atoms with Crippen LogP contribution in [-0.2, 0) is 27.9 Å². The molecule has 0 rings (SSSR count). The number of ether oxygens (including phenoxy) is 1. The molecule has 1 amide bonds. The number of amides is 1. The Morgan fingerprint density at radius 1 is 0.482 bits per heavy atom. The highest BCUT2D eigenvalue weighted by atomic mass is 31.2. The molecule has 0 fully saturated rings. The van der Waals surface area contributed by atoms with Gasteiger partial charge in [-0.15, -0.1) is 0 Å². The molecule has 0 radical (unpaired) electrons. The summed E-state index contributed by atoms with van der Waals surface area (Å²) in [7, 11) is -4.41. The minimum absolute atomic E-state index is 0.0886. The van der Waals surface area contributed by atoms with Gasteiger partial charge in [0.05, 0.1) is 13.2 Å². The zero-order chi connectivity index (χ0) is 41.1. The summed E-state index contributed by atoms with van der Waals surface area (Å²) >= 11 is 0. The van der Waals surface area contributed by atoms with E-state index in [1.807, 2.05) is 0 Å². The summed E-state index contributed by atoms with van der Waals surface area (Å²) in [5, 5.41) is 12.7. The van der Waals surface area contributed by atoms with E-state index >= 15 is 0 Å². The second-order valence-electron chi connectivity index (χ2n) is 16.5. The van der Waals surface area contributed by atoms with Crippen molar-refractivity contribution >= 4 is 19.7 Å². The standard InChI is InChI=1S/C46H92NO8P/c1-3-5-7-9-11-13-15-17-19-21-23-25-27-29-31-33-35-37-39-46(50)53-42-44(48)43-55-56(51,52)54-41-40-47-45(49)38-36-34-32-30-28-26-24-22-20-18-16-14-12-10-8-6-4-2/h44,48H,3-43H2,1-2H3,(H,47,49)(H,51,52). The number of carbonyl (C=O) groups is 2. The lowest BCUT2D eigenvalue weighted by Gasteiger charge is -2.15. The molecule has 9 nitrogen and oxygen atoms in total. The first-order valence-corrected chi connectivity index (χ1v) is 25.5. The number of phosphoric acid groups is 1. The van der Waals surface area contributed by atoms with E-state index in [1.165, 1.54) is 186 Å². The van der Waals surface area contributed by atoms with Gasteiger partial charge in [-0.3, -0.25) is 18.6 Å². The Balaban J connectivity index is 3.52. The van der Waals surface area contributed by atoms with E-state index in [-0.39, 0.29) is 25.7 Å². The number of carbonyl (C=O) groups excluding carboxylic acids is 2. The van der Waals surface area contributed by atoms with Crippen LogP contribution in [-0.4, -0.2) is 54.3 Å². The molecule has 0 spiro atoms. The largest absolute Gasteiger partial charge is 0.472 e. The van der Waals surface area contributed by atoms with Crippen LogP contribution in [0.1, 0.15) is 251 Å². The minimum atomic E-state index is -4.41. The molecular weight excluding hydrogens is 725 g/mol. The number of hydrogen-bond acceptors (Lipinski definition) is 7. The molecule has 0 aliphatic rings. The van der Waals surface area contributed by atoms with E-state index in [9.17, 15) is 24.2 Å². The van der Waals surface area contributed by atoms with Crippen LogP contribution >= 0.6 is 7.82 Å². The SMILES string of the molecule is CCCCCCCCCCCCCCCCCCCCC(=O)OCC(O)COP(=O)(O)OCCNC(=O)CCCCCCCCCCCCCCCCCCC. The normalized spacial score (nSPS) is 13.1. The average Bonchev–Trinajstić information content (AvgIpc) is 3.18. The molecule has 0 saturated heterocycles. The summed E-state index contributed by atoms with van der Waals surface area (Å²) in [4.78, 5) is 34.0. The van der Waals surface area contributed by atoms with E-state index in [0.29, 0.717) is 12.8 Å². The Kier molecular flexibility index (Phi) is 42.8. The Hall–Kier alpha value is -0.990. The molecule has 0 aromatic carbocycles. The number of phosphoric ester groups is 1. The Bertz CT molecular complexity index is 891. The Morgan fingerprint density at radius 2 is 0.804 bits per heavy atom. The predicted molar refractivity (Wildman–Crippen MR) is 234 cm³/mol. The van der Waals surface area contributed by atoms with Gasteiger partial charge in [0.1, 0.15) is 12.7 Å². The topological polar surface area (TPSA) is 131 Å². The van der Waals surface area contributed by atoms with E-state index < -0.39 is 26.5 Å². The van der Waals surface area contributed by atoms with Crippen molar-refractivity contribution in [1.29, 1.82) is 0 Å². The number of nitrogens with one attached hydrogen (secondary N) is 1. The first-order chi connectivity index (χ1) is 27.3. The van der Waals surface area contributed by atoms with Crippen LogP contribution in [0.2, 0.25) is 0 Å². The third-order valence-corrected chi connectivity index (χ3v) is 11.8.